The third-order valence-electron chi connectivity index (χ3n) is 3.73. The summed E-state index contributed by atoms with van der Waals surface area (Å²) in [5.74, 6) is -0.370. The molecule has 3 unspecified atom stereocenters. The van der Waals surface area contributed by atoms with Crippen LogP contribution in [0.4, 0.5) is 0 Å². The zero-order chi connectivity index (χ0) is 15.6. The van der Waals surface area contributed by atoms with Gasteiger partial charge in [-0.15, -0.1) is 0 Å². The van der Waals surface area contributed by atoms with E-state index in [4.69, 9.17) is 4.74 Å². The van der Waals surface area contributed by atoms with Crippen molar-refractivity contribution >= 4 is 5.91 Å². The summed E-state index contributed by atoms with van der Waals surface area (Å²) >= 11 is 0. The Kier molecular flexibility index (Phi) is 4.73. The quantitative estimate of drug-likeness (QED) is 0.835. The molecule has 2 N–H and O–H groups in total. The van der Waals surface area contributed by atoms with Crippen LogP contribution in [0.5, 0.6) is 11.5 Å². The summed E-state index contributed by atoms with van der Waals surface area (Å²) in [6.45, 7) is 7.07. The van der Waals surface area contributed by atoms with E-state index in [-0.39, 0.29) is 35.5 Å². The summed E-state index contributed by atoms with van der Waals surface area (Å²) < 4.78 is 5.64. The number of phenolic OH excluding ortho intramolecular Hbond substituents is 2. The highest BCUT2D eigenvalue weighted by Crippen LogP contribution is 2.26. The van der Waals surface area contributed by atoms with E-state index < -0.39 is 0 Å². The van der Waals surface area contributed by atoms with Gasteiger partial charge in [-0.3, -0.25) is 4.79 Å². The molecule has 0 aliphatic carbocycles. The number of ether oxygens (including phenoxy) is 1. The molecule has 1 heterocycles. The Bertz CT molecular complexity index is 507. The van der Waals surface area contributed by atoms with Crippen molar-refractivity contribution in [3.63, 3.8) is 0 Å². The smallest absolute Gasteiger partial charge is 0.225 e. The minimum atomic E-state index is -0.175. The lowest BCUT2D eigenvalue weighted by Gasteiger charge is -2.36. The molecule has 1 aliphatic rings. The molecular weight excluding hydrogens is 270 g/mol. The van der Waals surface area contributed by atoms with Crippen molar-refractivity contribution in [3.05, 3.63) is 23.8 Å². The molecule has 0 bridgehead atoms. The highest BCUT2D eigenvalue weighted by Gasteiger charge is 2.28. The van der Waals surface area contributed by atoms with Gasteiger partial charge in [0.2, 0.25) is 5.91 Å². The van der Waals surface area contributed by atoms with E-state index in [0.717, 1.165) is 5.56 Å². The Morgan fingerprint density at radius 2 is 1.90 bits per heavy atom. The average molecular weight is 293 g/mol. The standard InChI is InChI=1S/C16H23NO4/c1-10(6-13-4-5-14(18)15(19)7-13)16(20)17-8-11(2)21-12(3)9-17/h4-5,7,10-12,18-19H,6,8-9H2,1-3H3. The molecule has 21 heavy (non-hydrogen) atoms. The summed E-state index contributed by atoms with van der Waals surface area (Å²) in [6, 6.07) is 4.67. The van der Waals surface area contributed by atoms with E-state index in [0.29, 0.717) is 19.5 Å². The summed E-state index contributed by atoms with van der Waals surface area (Å²) in [6.07, 6.45) is 0.650. The Balaban J connectivity index is 2.00. The zero-order valence-electron chi connectivity index (χ0n) is 12.7. The van der Waals surface area contributed by atoms with Crippen molar-refractivity contribution in [2.75, 3.05) is 13.1 Å². The van der Waals surface area contributed by atoms with E-state index in [1.54, 1.807) is 6.07 Å². The van der Waals surface area contributed by atoms with Crippen LogP contribution in [0.3, 0.4) is 0 Å². The van der Waals surface area contributed by atoms with Gasteiger partial charge in [0.1, 0.15) is 0 Å². The van der Waals surface area contributed by atoms with Gasteiger partial charge in [0.25, 0.3) is 0 Å². The van der Waals surface area contributed by atoms with Crippen LogP contribution in [0.25, 0.3) is 0 Å². The van der Waals surface area contributed by atoms with Crippen LogP contribution in [-0.2, 0) is 16.0 Å². The Morgan fingerprint density at radius 3 is 2.48 bits per heavy atom. The first-order chi connectivity index (χ1) is 9.86. The number of carbonyl (C=O) groups excluding carboxylic acids is 1. The SMILES string of the molecule is CC1CN(C(=O)C(C)Cc2ccc(O)c(O)c2)CC(C)O1. The van der Waals surface area contributed by atoms with Crippen molar-refractivity contribution in [3.8, 4) is 11.5 Å². The predicted octanol–water partition coefficient (Wildman–Crippen LogP) is 1.91. The lowest BCUT2D eigenvalue weighted by Crippen LogP contribution is -2.50. The normalized spacial score (nSPS) is 23.9. The van der Waals surface area contributed by atoms with Crippen LogP contribution >= 0.6 is 0 Å². The molecule has 2 rings (SSSR count). The highest BCUT2D eigenvalue weighted by molar-refractivity contribution is 5.79. The number of carbonyl (C=O) groups is 1. The van der Waals surface area contributed by atoms with Gasteiger partial charge in [0.15, 0.2) is 11.5 Å². The molecule has 0 saturated carbocycles. The van der Waals surface area contributed by atoms with E-state index in [2.05, 4.69) is 0 Å². The lowest BCUT2D eigenvalue weighted by molar-refractivity contribution is -0.146. The Labute approximate surface area is 125 Å². The number of rotatable bonds is 3. The fraction of sp³-hybridized carbons (Fsp3) is 0.562. The first-order valence-corrected chi connectivity index (χ1v) is 7.32. The molecule has 5 nitrogen and oxygen atoms in total. The molecule has 3 atom stereocenters. The largest absolute Gasteiger partial charge is 0.504 e. The molecule has 1 aliphatic heterocycles. The molecule has 5 heteroatoms. The number of benzene rings is 1. The Hall–Kier alpha value is -1.75. The molecule has 0 radical (unpaired) electrons. The molecule has 1 fully saturated rings. The van der Waals surface area contributed by atoms with Gasteiger partial charge in [0.05, 0.1) is 12.2 Å². The number of nitrogens with zero attached hydrogens (tertiary/aromatic N) is 1. The lowest BCUT2D eigenvalue weighted by atomic mass is 9.98. The van der Waals surface area contributed by atoms with Gasteiger partial charge in [-0.2, -0.15) is 0 Å². The fourth-order valence-electron chi connectivity index (χ4n) is 2.81. The number of morpholine rings is 1. The van der Waals surface area contributed by atoms with E-state index in [1.165, 1.54) is 12.1 Å². The van der Waals surface area contributed by atoms with Gasteiger partial charge >= 0.3 is 0 Å². The van der Waals surface area contributed by atoms with Crippen molar-refractivity contribution < 1.29 is 19.7 Å². The monoisotopic (exact) mass is 293 g/mol. The third kappa shape index (κ3) is 3.88. The number of hydrogen-bond acceptors (Lipinski definition) is 4. The number of phenols is 2. The minimum absolute atomic E-state index is 0.0580. The molecular formula is C16H23NO4. The van der Waals surface area contributed by atoms with Crippen LogP contribution in [0.1, 0.15) is 26.3 Å². The van der Waals surface area contributed by atoms with E-state index in [1.807, 2.05) is 25.7 Å². The topological polar surface area (TPSA) is 70.0 Å². The molecule has 0 aromatic heterocycles. The van der Waals surface area contributed by atoms with Gasteiger partial charge in [-0.05, 0) is 38.0 Å². The molecule has 1 amide bonds. The van der Waals surface area contributed by atoms with Gasteiger partial charge in [-0.25, -0.2) is 0 Å². The van der Waals surface area contributed by atoms with Crippen molar-refractivity contribution in [2.24, 2.45) is 5.92 Å². The second-order valence-electron chi connectivity index (χ2n) is 5.93. The van der Waals surface area contributed by atoms with Crippen LogP contribution < -0.4 is 0 Å². The highest BCUT2D eigenvalue weighted by atomic mass is 16.5. The molecule has 1 aromatic carbocycles. The van der Waals surface area contributed by atoms with Crippen molar-refractivity contribution in [1.82, 2.24) is 4.90 Å². The molecule has 1 aromatic rings. The molecule has 0 spiro atoms. The van der Waals surface area contributed by atoms with Crippen LogP contribution in [-0.4, -0.2) is 46.3 Å². The summed E-state index contributed by atoms with van der Waals surface area (Å²) in [7, 11) is 0. The van der Waals surface area contributed by atoms with Gasteiger partial charge in [-0.1, -0.05) is 13.0 Å². The van der Waals surface area contributed by atoms with Gasteiger partial charge < -0.3 is 19.8 Å². The second-order valence-corrected chi connectivity index (χ2v) is 5.93. The third-order valence-corrected chi connectivity index (χ3v) is 3.73. The van der Waals surface area contributed by atoms with Crippen LogP contribution in [0.15, 0.2) is 18.2 Å². The number of hydrogen-bond donors (Lipinski definition) is 2. The summed E-state index contributed by atoms with van der Waals surface area (Å²) in [5, 5.41) is 18.8. The van der Waals surface area contributed by atoms with E-state index in [9.17, 15) is 15.0 Å². The van der Waals surface area contributed by atoms with Crippen LogP contribution in [0.2, 0.25) is 0 Å². The maximum atomic E-state index is 12.5. The molecule has 1 saturated heterocycles. The number of aromatic hydroxyl groups is 2. The summed E-state index contributed by atoms with van der Waals surface area (Å²) in [5.41, 5.74) is 0.834. The van der Waals surface area contributed by atoms with E-state index >= 15 is 0 Å². The predicted molar refractivity (Wildman–Crippen MR) is 79.2 cm³/mol. The first kappa shape index (κ1) is 15.6. The summed E-state index contributed by atoms with van der Waals surface area (Å²) in [4.78, 5) is 14.4. The number of amides is 1. The van der Waals surface area contributed by atoms with Crippen molar-refractivity contribution in [1.29, 1.82) is 0 Å². The second kappa shape index (κ2) is 6.35. The minimum Gasteiger partial charge on any atom is -0.504 e. The first-order valence-electron chi connectivity index (χ1n) is 7.32. The van der Waals surface area contributed by atoms with Gasteiger partial charge in [0, 0.05) is 19.0 Å². The Morgan fingerprint density at radius 1 is 1.29 bits per heavy atom. The van der Waals surface area contributed by atoms with Crippen molar-refractivity contribution in [2.45, 2.75) is 39.4 Å². The maximum absolute atomic E-state index is 12.5. The zero-order valence-corrected chi connectivity index (χ0v) is 12.7. The fourth-order valence-corrected chi connectivity index (χ4v) is 2.81. The van der Waals surface area contributed by atoms with Crippen LogP contribution in [0, 0.1) is 5.92 Å². The molecule has 116 valence electrons. The average Bonchev–Trinajstić information content (AvgIpc) is 2.41. The maximum Gasteiger partial charge on any atom is 0.225 e.